The minimum absolute atomic E-state index is 0.152. The number of ether oxygens (including phenoxy) is 1. The number of nitrogens with zero attached hydrogens (tertiary/aromatic N) is 1. The minimum Gasteiger partial charge on any atom is -0.453 e. The number of alkyl carbamates (subject to hydrolysis) is 1. The summed E-state index contributed by atoms with van der Waals surface area (Å²) in [5.41, 5.74) is 0.971. The van der Waals surface area contributed by atoms with Gasteiger partial charge in [-0.3, -0.25) is 10.6 Å². The van der Waals surface area contributed by atoms with E-state index in [1.54, 1.807) is 7.05 Å². The maximum absolute atomic E-state index is 12.7. The number of likely N-dealkylation sites (N-methyl/N-ethyl adjacent to an activating group) is 1. The van der Waals surface area contributed by atoms with Crippen molar-refractivity contribution in [3.63, 3.8) is 0 Å². The van der Waals surface area contributed by atoms with Gasteiger partial charge in [-0.2, -0.15) is 0 Å². The Balaban J connectivity index is 2.90. The van der Waals surface area contributed by atoms with Crippen molar-refractivity contribution in [1.82, 2.24) is 15.6 Å². The molecule has 1 aromatic carbocycles. The summed E-state index contributed by atoms with van der Waals surface area (Å²) in [6, 6.07) is 8.20. The molecule has 0 heterocycles. The standard InChI is InChI=1S/C18H30N4O4/c1-12(2)16(21-18(25)26-4)17(24)20-14(15(23)11-22(3)19)10-13-8-6-5-7-9-13/h5-9,12,14-16,23H,10-11,19H2,1-4H3,(H,20,24)(H,21,25)/t14-,15-,16-/m0/s1. The number of methoxy groups -OCH3 is 1. The number of aliphatic hydroxyl groups is 1. The Labute approximate surface area is 154 Å². The van der Waals surface area contributed by atoms with E-state index < -0.39 is 24.3 Å². The van der Waals surface area contributed by atoms with Gasteiger partial charge in [-0.1, -0.05) is 44.2 Å². The van der Waals surface area contributed by atoms with E-state index in [9.17, 15) is 14.7 Å². The van der Waals surface area contributed by atoms with E-state index in [4.69, 9.17) is 5.84 Å². The van der Waals surface area contributed by atoms with Crippen LogP contribution in [-0.2, 0) is 16.0 Å². The van der Waals surface area contributed by atoms with Crippen molar-refractivity contribution in [3.8, 4) is 0 Å². The molecule has 0 bridgehead atoms. The van der Waals surface area contributed by atoms with Crippen molar-refractivity contribution < 1.29 is 19.4 Å². The van der Waals surface area contributed by atoms with Crippen molar-refractivity contribution in [2.24, 2.45) is 11.8 Å². The fourth-order valence-corrected chi connectivity index (χ4v) is 2.57. The molecule has 3 atom stereocenters. The Morgan fingerprint density at radius 1 is 1.23 bits per heavy atom. The number of carbonyl (C=O) groups is 2. The summed E-state index contributed by atoms with van der Waals surface area (Å²) in [7, 11) is 2.88. The van der Waals surface area contributed by atoms with Gasteiger partial charge in [0.15, 0.2) is 0 Å². The van der Waals surface area contributed by atoms with Crippen LogP contribution in [0.1, 0.15) is 19.4 Å². The Bertz CT molecular complexity index is 566. The van der Waals surface area contributed by atoms with Gasteiger partial charge in [0.2, 0.25) is 5.91 Å². The lowest BCUT2D eigenvalue weighted by molar-refractivity contribution is -0.125. The van der Waals surface area contributed by atoms with E-state index in [0.717, 1.165) is 5.56 Å². The van der Waals surface area contributed by atoms with Gasteiger partial charge in [-0.15, -0.1) is 0 Å². The summed E-state index contributed by atoms with van der Waals surface area (Å²) in [6.07, 6.45) is -1.12. The van der Waals surface area contributed by atoms with Crippen LogP contribution in [0.3, 0.4) is 0 Å². The number of rotatable bonds is 9. The van der Waals surface area contributed by atoms with E-state index in [1.807, 2.05) is 44.2 Å². The lowest BCUT2D eigenvalue weighted by Crippen LogP contribution is -2.56. The molecule has 146 valence electrons. The highest BCUT2D eigenvalue weighted by atomic mass is 16.5. The number of amides is 2. The maximum atomic E-state index is 12.7. The molecule has 0 aliphatic rings. The van der Waals surface area contributed by atoms with Crippen molar-refractivity contribution in [2.45, 2.75) is 38.5 Å². The van der Waals surface area contributed by atoms with Gasteiger partial charge >= 0.3 is 6.09 Å². The molecule has 0 aliphatic carbocycles. The zero-order valence-corrected chi connectivity index (χ0v) is 15.8. The number of hydrazine groups is 1. The molecule has 8 heteroatoms. The normalized spacial score (nSPS) is 14.6. The summed E-state index contributed by atoms with van der Waals surface area (Å²) >= 11 is 0. The largest absolute Gasteiger partial charge is 0.453 e. The average Bonchev–Trinajstić information content (AvgIpc) is 2.58. The molecule has 2 amide bonds. The maximum Gasteiger partial charge on any atom is 0.407 e. The van der Waals surface area contributed by atoms with Crippen LogP contribution >= 0.6 is 0 Å². The Kier molecular flexibility index (Phi) is 9.04. The molecule has 0 unspecified atom stereocenters. The number of nitrogens with two attached hydrogens (primary N) is 1. The molecule has 0 saturated heterocycles. The van der Waals surface area contributed by atoms with E-state index in [2.05, 4.69) is 15.4 Å². The zero-order valence-electron chi connectivity index (χ0n) is 15.8. The first-order chi connectivity index (χ1) is 12.2. The van der Waals surface area contributed by atoms with Crippen LogP contribution in [-0.4, -0.2) is 61.0 Å². The van der Waals surface area contributed by atoms with Crippen LogP contribution in [0.5, 0.6) is 0 Å². The molecular formula is C18H30N4O4. The highest BCUT2D eigenvalue weighted by Crippen LogP contribution is 2.09. The third-order valence-corrected chi connectivity index (χ3v) is 3.97. The second-order valence-corrected chi connectivity index (χ2v) is 6.67. The third kappa shape index (κ3) is 7.38. The topological polar surface area (TPSA) is 117 Å². The second kappa shape index (κ2) is 10.7. The number of benzene rings is 1. The Morgan fingerprint density at radius 2 is 1.85 bits per heavy atom. The lowest BCUT2D eigenvalue weighted by Gasteiger charge is -2.29. The van der Waals surface area contributed by atoms with Gasteiger partial charge in [0, 0.05) is 13.6 Å². The SMILES string of the molecule is COC(=O)N[C@H](C(=O)N[C@@H](Cc1ccccc1)[C@@H](O)CN(C)N)C(C)C. The van der Waals surface area contributed by atoms with Crippen molar-refractivity contribution in [2.75, 3.05) is 20.7 Å². The zero-order chi connectivity index (χ0) is 19.7. The molecule has 0 fully saturated rings. The fraction of sp³-hybridized carbons (Fsp3) is 0.556. The Hall–Kier alpha value is -2.16. The van der Waals surface area contributed by atoms with Crippen molar-refractivity contribution in [1.29, 1.82) is 0 Å². The third-order valence-electron chi connectivity index (χ3n) is 3.97. The monoisotopic (exact) mass is 366 g/mol. The number of carbonyl (C=O) groups excluding carboxylic acids is 2. The molecule has 0 radical (unpaired) electrons. The van der Waals surface area contributed by atoms with Crippen molar-refractivity contribution in [3.05, 3.63) is 35.9 Å². The molecule has 1 rings (SSSR count). The van der Waals surface area contributed by atoms with Crippen LogP contribution in [0.25, 0.3) is 0 Å². The van der Waals surface area contributed by atoms with Gasteiger partial charge in [0.05, 0.1) is 19.3 Å². The molecule has 0 aliphatic heterocycles. The quantitative estimate of drug-likeness (QED) is 0.368. The van der Waals surface area contributed by atoms with E-state index >= 15 is 0 Å². The van der Waals surface area contributed by atoms with Gasteiger partial charge in [-0.25, -0.2) is 9.80 Å². The van der Waals surface area contributed by atoms with E-state index in [0.29, 0.717) is 6.42 Å². The summed E-state index contributed by atoms with van der Waals surface area (Å²) in [5.74, 6) is 5.10. The predicted octanol–water partition coefficient (Wildman–Crippen LogP) is 0.261. The summed E-state index contributed by atoms with van der Waals surface area (Å²) in [4.78, 5) is 24.2. The van der Waals surface area contributed by atoms with Crippen LogP contribution in [0.2, 0.25) is 0 Å². The first-order valence-electron chi connectivity index (χ1n) is 8.57. The number of nitrogens with one attached hydrogen (secondary N) is 2. The molecule has 5 N–H and O–H groups in total. The average molecular weight is 366 g/mol. The summed E-state index contributed by atoms with van der Waals surface area (Å²) < 4.78 is 4.58. The minimum atomic E-state index is -0.875. The Morgan fingerprint density at radius 3 is 2.35 bits per heavy atom. The number of hydrogen-bond donors (Lipinski definition) is 4. The molecule has 8 nitrogen and oxygen atoms in total. The summed E-state index contributed by atoms with van der Waals surface area (Å²) in [6.45, 7) is 3.82. The molecule has 1 aromatic rings. The lowest BCUT2D eigenvalue weighted by atomic mass is 9.98. The molecule has 0 spiro atoms. The van der Waals surface area contributed by atoms with Gasteiger partial charge in [-0.05, 0) is 17.9 Å². The van der Waals surface area contributed by atoms with Crippen LogP contribution in [0, 0.1) is 5.92 Å². The molecular weight excluding hydrogens is 336 g/mol. The van der Waals surface area contributed by atoms with Gasteiger partial charge < -0.3 is 20.5 Å². The number of hydrogen-bond acceptors (Lipinski definition) is 6. The fourth-order valence-electron chi connectivity index (χ4n) is 2.57. The smallest absolute Gasteiger partial charge is 0.407 e. The van der Waals surface area contributed by atoms with Crippen LogP contribution in [0.4, 0.5) is 4.79 Å². The first kappa shape index (κ1) is 21.9. The second-order valence-electron chi connectivity index (χ2n) is 6.67. The highest BCUT2D eigenvalue weighted by Gasteiger charge is 2.29. The van der Waals surface area contributed by atoms with Gasteiger partial charge in [0.1, 0.15) is 6.04 Å². The molecule has 26 heavy (non-hydrogen) atoms. The van der Waals surface area contributed by atoms with Crippen LogP contribution < -0.4 is 16.5 Å². The van der Waals surface area contributed by atoms with E-state index in [-0.39, 0.29) is 18.4 Å². The van der Waals surface area contributed by atoms with Crippen LogP contribution in [0.15, 0.2) is 30.3 Å². The summed E-state index contributed by atoms with van der Waals surface area (Å²) in [5, 5.41) is 17.2. The highest BCUT2D eigenvalue weighted by molar-refractivity contribution is 5.86. The number of aliphatic hydroxyl groups excluding tert-OH is 1. The van der Waals surface area contributed by atoms with E-state index in [1.165, 1.54) is 12.1 Å². The van der Waals surface area contributed by atoms with Gasteiger partial charge in [0.25, 0.3) is 0 Å². The first-order valence-corrected chi connectivity index (χ1v) is 8.57. The molecule has 0 aromatic heterocycles. The predicted molar refractivity (Wildman–Crippen MR) is 99.1 cm³/mol. The molecule has 0 saturated carbocycles. The van der Waals surface area contributed by atoms with Crippen molar-refractivity contribution >= 4 is 12.0 Å².